The van der Waals surface area contributed by atoms with Gasteiger partial charge in [0.1, 0.15) is 17.2 Å². The zero-order chi connectivity index (χ0) is 15.9. The first-order valence-electron chi connectivity index (χ1n) is 6.84. The van der Waals surface area contributed by atoms with E-state index in [0.29, 0.717) is 17.2 Å². The van der Waals surface area contributed by atoms with Crippen LogP contribution >= 0.6 is 0 Å². The Labute approximate surface area is 130 Å². The molecular formula is C17H20N2O3. The SMILES string of the molecule is COc1cc(OC)c(/C=N\Nc2ccccc2C)c(OC)c1. The molecule has 0 aliphatic carbocycles. The summed E-state index contributed by atoms with van der Waals surface area (Å²) < 4.78 is 16.0. The number of aryl methyl sites for hydroxylation is 1. The number of nitrogens with one attached hydrogen (secondary N) is 1. The number of para-hydroxylation sites is 1. The van der Waals surface area contributed by atoms with Crippen LogP contribution in [0.2, 0.25) is 0 Å². The van der Waals surface area contributed by atoms with E-state index in [0.717, 1.165) is 16.8 Å². The molecule has 0 bridgehead atoms. The smallest absolute Gasteiger partial charge is 0.135 e. The molecule has 0 unspecified atom stereocenters. The summed E-state index contributed by atoms with van der Waals surface area (Å²) in [6, 6.07) is 11.5. The van der Waals surface area contributed by atoms with Crippen molar-refractivity contribution in [3.8, 4) is 17.2 Å². The van der Waals surface area contributed by atoms with Crippen LogP contribution in [0, 0.1) is 6.92 Å². The lowest BCUT2D eigenvalue weighted by Gasteiger charge is -2.12. The molecular weight excluding hydrogens is 280 g/mol. The van der Waals surface area contributed by atoms with E-state index in [1.165, 1.54) is 0 Å². The van der Waals surface area contributed by atoms with Gasteiger partial charge in [-0.05, 0) is 18.6 Å². The summed E-state index contributed by atoms with van der Waals surface area (Å²) in [7, 11) is 4.79. The first-order chi connectivity index (χ1) is 10.7. The van der Waals surface area contributed by atoms with Crippen LogP contribution in [0.25, 0.3) is 0 Å². The average Bonchev–Trinajstić information content (AvgIpc) is 2.56. The standard InChI is InChI=1S/C17H20N2O3/c1-12-7-5-6-8-15(12)19-18-11-14-16(21-3)9-13(20-2)10-17(14)22-4/h5-11,19H,1-4H3/b18-11-. The van der Waals surface area contributed by atoms with Crippen LogP contribution < -0.4 is 19.6 Å². The fraction of sp³-hybridized carbons (Fsp3) is 0.235. The number of hydrogen-bond acceptors (Lipinski definition) is 5. The summed E-state index contributed by atoms with van der Waals surface area (Å²) >= 11 is 0. The van der Waals surface area contributed by atoms with Gasteiger partial charge in [0.25, 0.3) is 0 Å². The maximum atomic E-state index is 5.38. The molecule has 0 aromatic heterocycles. The molecule has 0 aliphatic heterocycles. The second-order valence-electron chi connectivity index (χ2n) is 4.63. The van der Waals surface area contributed by atoms with Crippen LogP contribution in [0.5, 0.6) is 17.2 Å². The van der Waals surface area contributed by atoms with Crippen LogP contribution in [0.4, 0.5) is 5.69 Å². The van der Waals surface area contributed by atoms with Gasteiger partial charge in [-0.3, -0.25) is 5.43 Å². The molecule has 116 valence electrons. The molecule has 0 atom stereocenters. The van der Waals surface area contributed by atoms with Crippen molar-refractivity contribution in [1.82, 2.24) is 0 Å². The molecule has 2 rings (SSSR count). The van der Waals surface area contributed by atoms with Crippen molar-refractivity contribution in [1.29, 1.82) is 0 Å². The van der Waals surface area contributed by atoms with E-state index in [9.17, 15) is 0 Å². The highest BCUT2D eigenvalue weighted by atomic mass is 16.5. The van der Waals surface area contributed by atoms with Gasteiger partial charge >= 0.3 is 0 Å². The molecule has 5 nitrogen and oxygen atoms in total. The van der Waals surface area contributed by atoms with E-state index < -0.39 is 0 Å². The number of hydrogen-bond donors (Lipinski definition) is 1. The van der Waals surface area contributed by atoms with E-state index in [-0.39, 0.29) is 0 Å². The van der Waals surface area contributed by atoms with E-state index in [4.69, 9.17) is 14.2 Å². The number of methoxy groups -OCH3 is 3. The first kappa shape index (κ1) is 15.7. The van der Waals surface area contributed by atoms with Crippen LogP contribution in [0.1, 0.15) is 11.1 Å². The van der Waals surface area contributed by atoms with Crippen molar-refractivity contribution in [2.24, 2.45) is 5.10 Å². The molecule has 0 spiro atoms. The molecule has 0 heterocycles. The molecule has 1 N–H and O–H groups in total. The highest BCUT2D eigenvalue weighted by molar-refractivity contribution is 5.88. The summed E-state index contributed by atoms with van der Waals surface area (Å²) in [6.07, 6.45) is 1.67. The van der Waals surface area contributed by atoms with E-state index in [1.807, 2.05) is 31.2 Å². The molecule has 0 fully saturated rings. The Morgan fingerprint density at radius 2 is 1.59 bits per heavy atom. The maximum absolute atomic E-state index is 5.38. The highest BCUT2D eigenvalue weighted by Gasteiger charge is 2.11. The van der Waals surface area contributed by atoms with E-state index in [2.05, 4.69) is 10.5 Å². The lowest BCUT2D eigenvalue weighted by molar-refractivity contribution is 0.374. The minimum Gasteiger partial charge on any atom is -0.496 e. The van der Waals surface area contributed by atoms with Gasteiger partial charge in [0.05, 0.1) is 38.8 Å². The Balaban J connectivity index is 2.28. The monoisotopic (exact) mass is 300 g/mol. The van der Waals surface area contributed by atoms with Crippen LogP contribution in [-0.2, 0) is 0 Å². The van der Waals surface area contributed by atoms with Crippen molar-refractivity contribution < 1.29 is 14.2 Å². The van der Waals surface area contributed by atoms with Gasteiger partial charge in [-0.15, -0.1) is 0 Å². The third-order valence-electron chi connectivity index (χ3n) is 3.28. The Morgan fingerprint density at radius 3 is 2.14 bits per heavy atom. The lowest BCUT2D eigenvalue weighted by Crippen LogP contribution is -1.99. The average molecular weight is 300 g/mol. The van der Waals surface area contributed by atoms with Crippen molar-refractivity contribution in [2.45, 2.75) is 6.92 Å². The number of anilines is 1. The van der Waals surface area contributed by atoms with E-state index in [1.54, 1.807) is 39.7 Å². The normalized spacial score (nSPS) is 10.5. The number of nitrogens with zero attached hydrogens (tertiary/aromatic N) is 1. The third kappa shape index (κ3) is 3.49. The van der Waals surface area contributed by atoms with Crippen molar-refractivity contribution >= 4 is 11.9 Å². The maximum Gasteiger partial charge on any atom is 0.135 e. The van der Waals surface area contributed by atoms with Crippen LogP contribution in [0.3, 0.4) is 0 Å². The fourth-order valence-corrected chi connectivity index (χ4v) is 2.02. The second kappa shape index (κ2) is 7.36. The molecule has 0 radical (unpaired) electrons. The lowest BCUT2D eigenvalue weighted by atomic mass is 10.2. The molecule has 2 aromatic rings. The topological polar surface area (TPSA) is 52.1 Å². The number of rotatable bonds is 6. The number of hydrazone groups is 1. The minimum atomic E-state index is 0.631. The summed E-state index contributed by atoms with van der Waals surface area (Å²) in [6.45, 7) is 2.02. The van der Waals surface area contributed by atoms with Crippen molar-refractivity contribution in [3.05, 3.63) is 47.5 Å². The third-order valence-corrected chi connectivity index (χ3v) is 3.28. The second-order valence-corrected chi connectivity index (χ2v) is 4.63. The molecule has 0 saturated heterocycles. The largest absolute Gasteiger partial charge is 0.496 e. The molecule has 0 saturated carbocycles. The summed E-state index contributed by atoms with van der Waals surface area (Å²) in [4.78, 5) is 0. The Bertz CT molecular complexity index is 644. The van der Waals surface area contributed by atoms with Gasteiger partial charge in [-0.25, -0.2) is 0 Å². The van der Waals surface area contributed by atoms with Gasteiger partial charge in [-0.1, -0.05) is 18.2 Å². The molecule has 0 amide bonds. The Morgan fingerprint density at radius 1 is 0.955 bits per heavy atom. The highest BCUT2D eigenvalue weighted by Crippen LogP contribution is 2.32. The predicted octanol–water partition coefficient (Wildman–Crippen LogP) is 3.47. The van der Waals surface area contributed by atoms with Crippen LogP contribution in [-0.4, -0.2) is 27.5 Å². The summed E-state index contributed by atoms with van der Waals surface area (Å²) in [5.74, 6) is 1.93. The fourth-order valence-electron chi connectivity index (χ4n) is 2.02. The Kier molecular flexibility index (Phi) is 5.25. The number of ether oxygens (including phenoxy) is 3. The molecule has 2 aromatic carbocycles. The first-order valence-corrected chi connectivity index (χ1v) is 6.84. The van der Waals surface area contributed by atoms with Crippen LogP contribution in [0.15, 0.2) is 41.5 Å². The van der Waals surface area contributed by atoms with Crippen molar-refractivity contribution in [2.75, 3.05) is 26.8 Å². The van der Waals surface area contributed by atoms with Crippen molar-refractivity contribution in [3.63, 3.8) is 0 Å². The molecule has 0 aliphatic rings. The zero-order valence-electron chi connectivity index (χ0n) is 13.2. The van der Waals surface area contributed by atoms with Gasteiger partial charge in [0.2, 0.25) is 0 Å². The summed E-state index contributed by atoms with van der Waals surface area (Å²) in [5.41, 5.74) is 5.83. The van der Waals surface area contributed by atoms with Gasteiger partial charge in [-0.2, -0.15) is 5.10 Å². The number of benzene rings is 2. The predicted molar refractivity (Wildman–Crippen MR) is 88.5 cm³/mol. The zero-order valence-corrected chi connectivity index (χ0v) is 13.2. The summed E-state index contributed by atoms with van der Waals surface area (Å²) in [5, 5.41) is 4.27. The molecule has 22 heavy (non-hydrogen) atoms. The molecule has 5 heteroatoms. The van der Waals surface area contributed by atoms with E-state index >= 15 is 0 Å². The van der Waals surface area contributed by atoms with Gasteiger partial charge in [0.15, 0.2) is 0 Å². The quantitative estimate of drug-likeness (QED) is 0.655. The Hall–Kier alpha value is -2.69. The van der Waals surface area contributed by atoms with Gasteiger partial charge < -0.3 is 14.2 Å². The van der Waals surface area contributed by atoms with Gasteiger partial charge in [0, 0.05) is 12.1 Å². The minimum absolute atomic E-state index is 0.631.